The number of nitrogens with one attached hydrogen (secondary N) is 1. The molecule has 0 aliphatic carbocycles. The molecule has 1 aliphatic rings. The summed E-state index contributed by atoms with van der Waals surface area (Å²) in [6.07, 6.45) is 1.25. The van der Waals surface area contributed by atoms with Gasteiger partial charge in [-0.2, -0.15) is 0 Å². The van der Waals surface area contributed by atoms with E-state index in [1.54, 1.807) is 0 Å². The van der Waals surface area contributed by atoms with E-state index >= 15 is 0 Å². The van der Waals surface area contributed by atoms with Gasteiger partial charge in [0.05, 0.1) is 6.04 Å². The molecule has 1 aliphatic heterocycles. The van der Waals surface area contributed by atoms with Gasteiger partial charge >= 0.3 is 0 Å². The smallest absolute Gasteiger partial charge is 0.241 e. The summed E-state index contributed by atoms with van der Waals surface area (Å²) in [5, 5.41) is 3.16. The minimum atomic E-state index is -0.117. The molecule has 0 spiro atoms. The Bertz CT molecular complexity index is 703. The van der Waals surface area contributed by atoms with Crippen LogP contribution in [0.4, 0.5) is 5.69 Å². The van der Waals surface area contributed by atoms with Crippen molar-refractivity contribution in [3.8, 4) is 11.1 Å². The number of amides is 1. The maximum atomic E-state index is 12.9. The van der Waals surface area contributed by atoms with Crippen molar-refractivity contribution in [3.05, 3.63) is 54.6 Å². The van der Waals surface area contributed by atoms with Crippen LogP contribution in [0.2, 0.25) is 0 Å². The highest BCUT2D eigenvalue weighted by atomic mass is 16.2. The van der Waals surface area contributed by atoms with E-state index in [1.807, 2.05) is 43.3 Å². The van der Waals surface area contributed by atoms with Crippen LogP contribution in [0, 0.1) is 11.8 Å². The van der Waals surface area contributed by atoms with Gasteiger partial charge in [0.1, 0.15) is 0 Å². The van der Waals surface area contributed by atoms with Gasteiger partial charge < -0.3 is 5.32 Å². The molecule has 2 aromatic carbocycles. The zero-order chi connectivity index (χ0) is 17.8. The van der Waals surface area contributed by atoms with Crippen molar-refractivity contribution in [2.24, 2.45) is 11.8 Å². The Kier molecular flexibility index (Phi) is 5.54. The van der Waals surface area contributed by atoms with Crippen LogP contribution in [0.25, 0.3) is 11.1 Å². The van der Waals surface area contributed by atoms with E-state index in [0.717, 1.165) is 29.9 Å². The van der Waals surface area contributed by atoms with Gasteiger partial charge in [0.15, 0.2) is 0 Å². The number of anilines is 1. The number of benzene rings is 2. The molecule has 0 saturated carbocycles. The molecule has 0 aromatic heterocycles. The fraction of sp³-hybridized carbons (Fsp3) is 0.409. The Morgan fingerprint density at radius 2 is 1.60 bits per heavy atom. The Labute approximate surface area is 151 Å². The first kappa shape index (κ1) is 17.7. The Morgan fingerprint density at radius 3 is 2.28 bits per heavy atom. The first-order valence-electron chi connectivity index (χ1n) is 9.24. The number of hydrogen-bond acceptors (Lipinski definition) is 2. The number of piperidine rings is 1. The number of likely N-dealkylation sites (tertiary alicyclic amines) is 1. The van der Waals surface area contributed by atoms with E-state index in [1.165, 1.54) is 6.42 Å². The van der Waals surface area contributed by atoms with Crippen LogP contribution in [0.5, 0.6) is 0 Å². The quantitative estimate of drug-likeness (QED) is 0.881. The topological polar surface area (TPSA) is 32.3 Å². The second-order valence-electron chi connectivity index (χ2n) is 7.48. The molecule has 3 nitrogen and oxygen atoms in total. The fourth-order valence-corrected chi connectivity index (χ4v) is 3.89. The van der Waals surface area contributed by atoms with Crippen LogP contribution in [0.3, 0.4) is 0 Å². The van der Waals surface area contributed by atoms with Gasteiger partial charge in [-0.05, 0) is 36.8 Å². The molecule has 1 fully saturated rings. The van der Waals surface area contributed by atoms with Crippen molar-refractivity contribution < 1.29 is 4.79 Å². The summed E-state index contributed by atoms with van der Waals surface area (Å²) in [4.78, 5) is 15.2. The standard InChI is InChI=1S/C22H28N2O/c1-16-13-17(2)15-24(14-16)18(3)22(25)23-21-12-8-7-11-20(21)19-9-5-4-6-10-19/h4-12,16-18H,13-15H2,1-3H3,(H,23,25)/t16-,17-,18-/m1/s1. The average molecular weight is 336 g/mol. The Balaban J connectivity index is 1.75. The lowest BCUT2D eigenvalue weighted by molar-refractivity contribution is -0.121. The third-order valence-electron chi connectivity index (χ3n) is 5.09. The molecule has 1 heterocycles. The number of hydrogen-bond donors (Lipinski definition) is 1. The van der Waals surface area contributed by atoms with Crippen LogP contribution in [0.1, 0.15) is 27.2 Å². The molecule has 2 aromatic rings. The maximum absolute atomic E-state index is 12.9. The molecule has 0 bridgehead atoms. The third-order valence-corrected chi connectivity index (χ3v) is 5.09. The number of rotatable bonds is 4. The minimum absolute atomic E-state index is 0.0738. The summed E-state index contributed by atoms with van der Waals surface area (Å²) in [5.41, 5.74) is 3.05. The van der Waals surface area contributed by atoms with E-state index in [2.05, 4.69) is 42.3 Å². The summed E-state index contributed by atoms with van der Waals surface area (Å²) in [6, 6.07) is 18.1. The van der Waals surface area contributed by atoms with Gasteiger partial charge in [-0.15, -0.1) is 0 Å². The van der Waals surface area contributed by atoms with Gasteiger partial charge in [0, 0.05) is 24.3 Å². The average Bonchev–Trinajstić information content (AvgIpc) is 2.61. The van der Waals surface area contributed by atoms with Gasteiger partial charge in [0.2, 0.25) is 5.91 Å². The molecule has 1 amide bonds. The molecule has 3 heteroatoms. The zero-order valence-electron chi connectivity index (χ0n) is 15.4. The van der Waals surface area contributed by atoms with Crippen LogP contribution >= 0.6 is 0 Å². The molecular formula is C22H28N2O. The van der Waals surface area contributed by atoms with E-state index in [4.69, 9.17) is 0 Å². The number of carbonyl (C=O) groups excluding carboxylic acids is 1. The van der Waals surface area contributed by atoms with Gasteiger partial charge in [-0.1, -0.05) is 62.4 Å². The maximum Gasteiger partial charge on any atom is 0.241 e. The Morgan fingerprint density at radius 1 is 1.00 bits per heavy atom. The van der Waals surface area contributed by atoms with Crippen LogP contribution < -0.4 is 5.32 Å². The largest absolute Gasteiger partial charge is 0.324 e. The van der Waals surface area contributed by atoms with Crippen molar-refractivity contribution in [1.82, 2.24) is 4.90 Å². The van der Waals surface area contributed by atoms with Crippen molar-refractivity contribution in [2.75, 3.05) is 18.4 Å². The van der Waals surface area contributed by atoms with Crippen LogP contribution in [-0.2, 0) is 4.79 Å². The summed E-state index contributed by atoms with van der Waals surface area (Å²) >= 11 is 0. The molecular weight excluding hydrogens is 308 g/mol. The van der Waals surface area contributed by atoms with Crippen LogP contribution in [0.15, 0.2) is 54.6 Å². The fourth-order valence-electron chi connectivity index (χ4n) is 3.89. The second kappa shape index (κ2) is 7.83. The van der Waals surface area contributed by atoms with Crippen LogP contribution in [-0.4, -0.2) is 29.9 Å². The molecule has 1 saturated heterocycles. The SMILES string of the molecule is C[C@@H]1C[C@@H](C)CN([C@H](C)C(=O)Nc2ccccc2-c2ccccc2)C1. The molecule has 1 N–H and O–H groups in total. The highest BCUT2D eigenvalue weighted by Gasteiger charge is 2.29. The highest BCUT2D eigenvalue weighted by molar-refractivity contribution is 5.98. The third kappa shape index (κ3) is 4.29. The number of nitrogens with zero attached hydrogens (tertiary/aromatic N) is 1. The van der Waals surface area contributed by atoms with Crippen molar-refractivity contribution in [2.45, 2.75) is 33.2 Å². The predicted molar refractivity (Wildman–Crippen MR) is 104 cm³/mol. The van der Waals surface area contributed by atoms with Gasteiger partial charge in [-0.25, -0.2) is 0 Å². The van der Waals surface area contributed by atoms with Crippen molar-refractivity contribution in [3.63, 3.8) is 0 Å². The minimum Gasteiger partial charge on any atom is -0.324 e. The summed E-state index contributed by atoms with van der Waals surface area (Å²) in [6.45, 7) is 8.57. The van der Waals surface area contributed by atoms with Crippen molar-refractivity contribution in [1.29, 1.82) is 0 Å². The molecule has 0 unspecified atom stereocenters. The highest BCUT2D eigenvalue weighted by Crippen LogP contribution is 2.28. The van der Waals surface area contributed by atoms with Gasteiger partial charge in [0.25, 0.3) is 0 Å². The molecule has 25 heavy (non-hydrogen) atoms. The van der Waals surface area contributed by atoms with Crippen molar-refractivity contribution >= 4 is 11.6 Å². The lowest BCUT2D eigenvalue weighted by Gasteiger charge is -2.38. The zero-order valence-corrected chi connectivity index (χ0v) is 15.4. The molecule has 132 valence electrons. The van der Waals surface area contributed by atoms with E-state index in [0.29, 0.717) is 11.8 Å². The normalized spacial score (nSPS) is 22.4. The number of carbonyl (C=O) groups is 1. The predicted octanol–water partition coefficient (Wildman–Crippen LogP) is 4.66. The monoisotopic (exact) mass is 336 g/mol. The second-order valence-corrected chi connectivity index (χ2v) is 7.48. The first-order valence-corrected chi connectivity index (χ1v) is 9.24. The Hall–Kier alpha value is -2.13. The summed E-state index contributed by atoms with van der Waals surface area (Å²) in [5.74, 6) is 1.37. The van der Waals surface area contributed by atoms with E-state index in [9.17, 15) is 4.79 Å². The number of para-hydroxylation sites is 1. The molecule has 3 atom stereocenters. The lowest BCUT2D eigenvalue weighted by Crippen LogP contribution is -2.48. The summed E-state index contributed by atoms with van der Waals surface area (Å²) in [7, 11) is 0. The first-order chi connectivity index (χ1) is 12.0. The van der Waals surface area contributed by atoms with E-state index in [-0.39, 0.29) is 11.9 Å². The van der Waals surface area contributed by atoms with Gasteiger partial charge in [-0.3, -0.25) is 9.69 Å². The summed E-state index contributed by atoms with van der Waals surface area (Å²) < 4.78 is 0. The molecule has 0 radical (unpaired) electrons. The lowest BCUT2D eigenvalue weighted by atomic mass is 9.91. The molecule has 3 rings (SSSR count). The van der Waals surface area contributed by atoms with E-state index < -0.39 is 0 Å².